The first kappa shape index (κ1) is 19.9. The molecule has 0 fully saturated rings. The smallest absolute Gasteiger partial charge is 0.413 e. The van der Waals surface area contributed by atoms with Gasteiger partial charge < -0.3 is 9.15 Å². The molecule has 2 rings (SSSR count). The summed E-state index contributed by atoms with van der Waals surface area (Å²) in [7, 11) is 0. The zero-order valence-electron chi connectivity index (χ0n) is 14.9. The Labute approximate surface area is 155 Å². The van der Waals surface area contributed by atoms with Gasteiger partial charge in [0, 0.05) is 23.0 Å². The minimum atomic E-state index is -0.776. The number of hydrogen-bond donors (Lipinski definition) is 1. The number of nitrogens with one attached hydrogen (secondary N) is 1. The van der Waals surface area contributed by atoms with Gasteiger partial charge in [0.15, 0.2) is 0 Å². The predicted molar refractivity (Wildman–Crippen MR) is 98.3 cm³/mol. The van der Waals surface area contributed by atoms with Gasteiger partial charge in [-0.1, -0.05) is 18.5 Å². The molecule has 0 saturated heterocycles. The number of hydrogen-bond acceptors (Lipinski definition) is 6. The monoisotopic (exact) mass is 380 g/mol. The Balaban J connectivity index is 2.22. The van der Waals surface area contributed by atoms with E-state index in [0.717, 1.165) is 5.56 Å². The van der Waals surface area contributed by atoms with Gasteiger partial charge in [-0.2, -0.15) is 0 Å². The van der Waals surface area contributed by atoms with Crippen LogP contribution in [0.25, 0.3) is 11.0 Å². The van der Waals surface area contributed by atoms with E-state index in [-0.39, 0.29) is 13.2 Å². The molecule has 0 aliphatic rings. The van der Waals surface area contributed by atoms with Crippen molar-refractivity contribution in [3.05, 3.63) is 44.8 Å². The van der Waals surface area contributed by atoms with Crippen LogP contribution in [0.15, 0.2) is 27.4 Å². The van der Waals surface area contributed by atoms with Gasteiger partial charge in [-0.25, -0.2) is 9.59 Å². The minimum absolute atomic E-state index is 0.0172. The SMILES string of the molecule is CCOC(=O)NC(=O)CN(CC)Cc1cc(=O)oc2cc(C)c(Cl)cc12. The minimum Gasteiger partial charge on any atom is -0.450 e. The molecule has 7 nitrogen and oxygen atoms in total. The van der Waals surface area contributed by atoms with Crippen molar-refractivity contribution >= 4 is 34.6 Å². The van der Waals surface area contributed by atoms with E-state index in [0.29, 0.717) is 34.6 Å². The first-order valence-corrected chi connectivity index (χ1v) is 8.63. The van der Waals surface area contributed by atoms with Gasteiger partial charge in [-0.3, -0.25) is 15.0 Å². The van der Waals surface area contributed by atoms with Crippen LogP contribution in [0.1, 0.15) is 25.0 Å². The largest absolute Gasteiger partial charge is 0.450 e. The van der Waals surface area contributed by atoms with Crippen LogP contribution in [-0.2, 0) is 16.1 Å². The highest BCUT2D eigenvalue weighted by atomic mass is 35.5. The van der Waals surface area contributed by atoms with Gasteiger partial charge in [0.2, 0.25) is 5.91 Å². The molecule has 8 heteroatoms. The van der Waals surface area contributed by atoms with E-state index in [9.17, 15) is 14.4 Å². The standard InChI is InChI=1S/C18H21ClN2O5/c1-4-21(10-16(22)20-18(24)25-5-2)9-12-7-17(23)26-15-6-11(3)14(19)8-13(12)15/h6-8H,4-5,9-10H2,1-3H3,(H,20,22,24). The Kier molecular flexibility index (Phi) is 6.76. The number of likely N-dealkylation sites (N-methyl/N-ethyl adjacent to an activating group) is 1. The first-order chi connectivity index (χ1) is 12.3. The van der Waals surface area contributed by atoms with Crippen molar-refractivity contribution in [1.29, 1.82) is 0 Å². The maximum atomic E-state index is 12.0. The zero-order chi connectivity index (χ0) is 19.3. The summed E-state index contributed by atoms with van der Waals surface area (Å²) in [6.45, 7) is 6.39. The Bertz CT molecular complexity index is 878. The van der Waals surface area contributed by atoms with Crippen LogP contribution in [0.4, 0.5) is 4.79 Å². The van der Waals surface area contributed by atoms with Gasteiger partial charge in [0.1, 0.15) is 5.58 Å². The number of halogens is 1. The molecule has 2 aromatic rings. The Morgan fingerprint density at radius 3 is 2.65 bits per heavy atom. The fraction of sp³-hybridized carbons (Fsp3) is 0.389. The number of benzene rings is 1. The summed E-state index contributed by atoms with van der Waals surface area (Å²) in [5, 5.41) is 3.43. The molecule has 26 heavy (non-hydrogen) atoms. The average Bonchev–Trinajstić information content (AvgIpc) is 2.56. The van der Waals surface area contributed by atoms with Gasteiger partial charge in [0.25, 0.3) is 0 Å². The number of nitrogens with zero attached hydrogens (tertiary/aromatic N) is 1. The summed E-state index contributed by atoms with van der Waals surface area (Å²) in [6.07, 6.45) is -0.776. The molecule has 1 N–H and O–H groups in total. The summed E-state index contributed by atoms with van der Waals surface area (Å²) in [5.74, 6) is -0.480. The van der Waals surface area contributed by atoms with Crippen molar-refractivity contribution in [1.82, 2.24) is 10.2 Å². The van der Waals surface area contributed by atoms with Gasteiger partial charge in [-0.15, -0.1) is 0 Å². The fourth-order valence-corrected chi connectivity index (χ4v) is 2.69. The van der Waals surface area contributed by atoms with E-state index in [2.05, 4.69) is 10.1 Å². The third-order valence-electron chi connectivity index (χ3n) is 3.83. The number of carbonyl (C=O) groups is 2. The predicted octanol–water partition coefficient (Wildman–Crippen LogP) is 2.85. The highest BCUT2D eigenvalue weighted by Crippen LogP contribution is 2.25. The van der Waals surface area contributed by atoms with Gasteiger partial charge in [-0.05, 0) is 43.7 Å². The lowest BCUT2D eigenvalue weighted by Gasteiger charge is -2.20. The van der Waals surface area contributed by atoms with E-state index in [1.165, 1.54) is 6.07 Å². The molecular weight excluding hydrogens is 360 g/mol. The molecule has 0 atom stereocenters. The number of imide groups is 1. The number of alkyl carbamates (subject to hydrolysis) is 1. The van der Waals surface area contributed by atoms with Crippen LogP contribution in [0.3, 0.4) is 0 Å². The molecular formula is C18H21ClN2O5. The second-order valence-electron chi connectivity index (χ2n) is 5.76. The Morgan fingerprint density at radius 1 is 1.27 bits per heavy atom. The molecule has 0 unspecified atom stereocenters. The molecule has 0 aliphatic carbocycles. The summed E-state index contributed by atoms with van der Waals surface area (Å²) < 4.78 is 9.93. The molecule has 0 spiro atoms. The number of aryl methyl sites for hydroxylation is 1. The quantitative estimate of drug-likeness (QED) is 0.775. The summed E-state index contributed by atoms with van der Waals surface area (Å²) >= 11 is 6.19. The summed E-state index contributed by atoms with van der Waals surface area (Å²) in [6, 6.07) is 4.85. The molecule has 2 amide bonds. The van der Waals surface area contributed by atoms with Crippen LogP contribution in [0.5, 0.6) is 0 Å². The first-order valence-electron chi connectivity index (χ1n) is 8.25. The fourth-order valence-electron chi connectivity index (χ4n) is 2.52. The van der Waals surface area contributed by atoms with Crippen molar-refractivity contribution in [3.63, 3.8) is 0 Å². The second kappa shape index (κ2) is 8.82. The Hall–Kier alpha value is -2.38. The molecule has 1 aromatic heterocycles. The Morgan fingerprint density at radius 2 is 2.00 bits per heavy atom. The number of rotatable bonds is 6. The average molecular weight is 381 g/mol. The second-order valence-corrected chi connectivity index (χ2v) is 6.17. The number of carbonyl (C=O) groups excluding carboxylic acids is 2. The lowest BCUT2D eigenvalue weighted by atomic mass is 10.1. The van der Waals surface area contributed by atoms with Crippen molar-refractivity contribution in [3.8, 4) is 0 Å². The van der Waals surface area contributed by atoms with Crippen molar-refractivity contribution in [2.24, 2.45) is 0 Å². The van der Waals surface area contributed by atoms with E-state index < -0.39 is 17.6 Å². The highest BCUT2D eigenvalue weighted by Gasteiger charge is 2.16. The maximum absolute atomic E-state index is 12.0. The normalized spacial score (nSPS) is 11.0. The molecule has 0 saturated carbocycles. The summed E-state index contributed by atoms with van der Waals surface area (Å²) in [4.78, 5) is 36.9. The van der Waals surface area contributed by atoms with Crippen molar-refractivity contribution < 1.29 is 18.7 Å². The number of amides is 2. The van der Waals surface area contributed by atoms with Gasteiger partial charge in [0.05, 0.1) is 13.2 Å². The van der Waals surface area contributed by atoms with Crippen LogP contribution in [0, 0.1) is 6.92 Å². The zero-order valence-corrected chi connectivity index (χ0v) is 15.7. The lowest BCUT2D eigenvalue weighted by molar-refractivity contribution is -0.121. The molecule has 0 radical (unpaired) electrons. The van der Waals surface area contributed by atoms with Crippen LogP contribution in [0.2, 0.25) is 5.02 Å². The van der Waals surface area contributed by atoms with E-state index >= 15 is 0 Å². The third kappa shape index (κ3) is 5.06. The van der Waals surface area contributed by atoms with Crippen LogP contribution >= 0.6 is 11.6 Å². The molecule has 1 heterocycles. The topological polar surface area (TPSA) is 88.9 Å². The molecule has 0 bridgehead atoms. The third-order valence-corrected chi connectivity index (χ3v) is 4.24. The molecule has 1 aromatic carbocycles. The van der Waals surface area contributed by atoms with Crippen LogP contribution in [-0.4, -0.2) is 36.6 Å². The van der Waals surface area contributed by atoms with Crippen LogP contribution < -0.4 is 10.9 Å². The number of ether oxygens (including phenoxy) is 1. The summed E-state index contributed by atoms with van der Waals surface area (Å²) in [5.41, 5.74) is 1.48. The van der Waals surface area contributed by atoms with E-state index in [1.807, 2.05) is 13.8 Å². The number of fused-ring (bicyclic) bond motifs is 1. The van der Waals surface area contributed by atoms with Crippen molar-refractivity contribution in [2.75, 3.05) is 19.7 Å². The molecule has 140 valence electrons. The highest BCUT2D eigenvalue weighted by molar-refractivity contribution is 6.32. The van der Waals surface area contributed by atoms with E-state index in [4.69, 9.17) is 16.0 Å². The lowest BCUT2D eigenvalue weighted by Crippen LogP contribution is -2.40. The molecule has 0 aliphatic heterocycles. The maximum Gasteiger partial charge on any atom is 0.413 e. The van der Waals surface area contributed by atoms with Gasteiger partial charge >= 0.3 is 11.7 Å². The van der Waals surface area contributed by atoms with Crippen molar-refractivity contribution in [2.45, 2.75) is 27.3 Å². The van der Waals surface area contributed by atoms with E-state index in [1.54, 1.807) is 24.0 Å².